The molecule has 112 valence electrons. The van der Waals surface area contributed by atoms with Crippen LogP contribution in [0, 0.1) is 0 Å². The van der Waals surface area contributed by atoms with Crippen LogP contribution in [0.5, 0.6) is 0 Å². The molecule has 1 heterocycles. The molecule has 0 unspecified atom stereocenters. The topological polar surface area (TPSA) is 62.6 Å². The number of hydrogen-bond acceptors (Lipinski definition) is 3. The third-order valence-electron chi connectivity index (χ3n) is 3.18. The minimum absolute atomic E-state index is 0.0340. The molecule has 0 aliphatic rings. The van der Waals surface area contributed by atoms with Gasteiger partial charge in [0.15, 0.2) is 0 Å². The minimum atomic E-state index is -0.0922. The predicted molar refractivity (Wildman–Crippen MR) is 77.4 cm³/mol. The van der Waals surface area contributed by atoms with Crippen molar-refractivity contribution < 1.29 is 14.0 Å². The van der Waals surface area contributed by atoms with Gasteiger partial charge in [0.1, 0.15) is 6.26 Å². The molecule has 0 aromatic carbocycles. The maximum atomic E-state index is 12.4. The van der Waals surface area contributed by atoms with Crippen molar-refractivity contribution in [1.82, 2.24) is 10.2 Å². The first-order chi connectivity index (χ1) is 9.45. The van der Waals surface area contributed by atoms with E-state index in [9.17, 15) is 9.59 Å². The second-order valence-electron chi connectivity index (χ2n) is 5.24. The minimum Gasteiger partial charge on any atom is -0.472 e. The zero-order valence-corrected chi connectivity index (χ0v) is 12.7. The molecule has 0 saturated carbocycles. The van der Waals surface area contributed by atoms with E-state index in [-0.39, 0.29) is 23.9 Å². The molecule has 0 bridgehead atoms. The molecule has 1 rings (SSSR count). The molecule has 1 aromatic heterocycles. The van der Waals surface area contributed by atoms with Gasteiger partial charge in [-0.2, -0.15) is 0 Å². The molecular formula is C15H24N2O3. The summed E-state index contributed by atoms with van der Waals surface area (Å²) in [4.78, 5) is 25.8. The van der Waals surface area contributed by atoms with E-state index in [0.29, 0.717) is 18.5 Å². The summed E-state index contributed by atoms with van der Waals surface area (Å²) in [5.74, 6) is -0.126. The lowest BCUT2D eigenvalue weighted by atomic mass is 10.1. The zero-order valence-electron chi connectivity index (χ0n) is 12.7. The highest BCUT2D eigenvalue weighted by Gasteiger charge is 2.22. The smallest absolute Gasteiger partial charge is 0.257 e. The van der Waals surface area contributed by atoms with Crippen LogP contribution in [0.2, 0.25) is 0 Å². The number of hydrogen-bond donors (Lipinski definition) is 1. The average molecular weight is 280 g/mol. The summed E-state index contributed by atoms with van der Waals surface area (Å²) in [5, 5.41) is 2.83. The Balaban J connectivity index is 2.66. The molecular weight excluding hydrogens is 256 g/mol. The van der Waals surface area contributed by atoms with Gasteiger partial charge in [-0.05, 0) is 33.3 Å². The molecule has 0 fully saturated rings. The predicted octanol–water partition coefficient (Wildman–Crippen LogP) is 2.44. The van der Waals surface area contributed by atoms with Crippen molar-refractivity contribution in [3.05, 3.63) is 24.2 Å². The maximum Gasteiger partial charge on any atom is 0.257 e. The van der Waals surface area contributed by atoms with E-state index in [4.69, 9.17) is 4.42 Å². The Bertz CT molecular complexity index is 426. The van der Waals surface area contributed by atoms with E-state index in [2.05, 4.69) is 5.32 Å². The van der Waals surface area contributed by atoms with Crippen LogP contribution >= 0.6 is 0 Å². The van der Waals surface area contributed by atoms with Crippen molar-refractivity contribution in [2.24, 2.45) is 0 Å². The normalized spacial score (nSPS) is 12.2. The monoisotopic (exact) mass is 280 g/mol. The fraction of sp³-hybridized carbons (Fsp3) is 0.600. The first-order valence-electron chi connectivity index (χ1n) is 7.08. The van der Waals surface area contributed by atoms with Gasteiger partial charge >= 0.3 is 0 Å². The molecule has 5 heteroatoms. The second kappa shape index (κ2) is 7.72. The molecule has 1 atom stereocenters. The Labute approximate surface area is 120 Å². The van der Waals surface area contributed by atoms with Crippen molar-refractivity contribution in [3.8, 4) is 0 Å². The van der Waals surface area contributed by atoms with Crippen LogP contribution in [0.15, 0.2) is 23.0 Å². The maximum absolute atomic E-state index is 12.4. The molecule has 0 saturated heterocycles. The van der Waals surface area contributed by atoms with Crippen LogP contribution in [-0.4, -0.2) is 35.3 Å². The fourth-order valence-corrected chi connectivity index (χ4v) is 1.91. The fourth-order valence-electron chi connectivity index (χ4n) is 1.91. The van der Waals surface area contributed by atoms with Gasteiger partial charge < -0.3 is 14.6 Å². The lowest BCUT2D eigenvalue weighted by molar-refractivity contribution is -0.121. The van der Waals surface area contributed by atoms with Gasteiger partial charge in [0.05, 0.1) is 11.8 Å². The highest BCUT2D eigenvalue weighted by molar-refractivity contribution is 5.94. The van der Waals surface area contributed by atoms with E-state index in [1.807, 2.05) is 27.7 Å². The Hall–Kier alpha value is -1.78. The van der Waals surface area contributed by atoms with Gasteiger partial charge in [-0.15, -0.1) is 0 Å². The molecule has 5 nitrogen and oxygen atoms in total. The van der Waals surface area contributed by atoms with Crippen LogP contribution in [-0.2, 0) is 4.79 Å². The number of carbonyl (C=O) groups is 2. The summed E-state index contributed by atoms with van der Waals surface area (Å²) in [6.07, 6.45) is 4.07. The Kier molecular flexibility index (Phi) is 6.28. The lowest BCUT2D eigenvalue weighted by Crippen LogP contribution is -2.41. The van der Waals surface area contributed by atoms with Gasteiger partial charge in [-0.1, -0.05) is 6.92 Å². The molecule has 1 aromatic rings. The zero-order chi connectivity index (χ0) is 15.1. The first-order valence-corrected chi connectivity index (χ1v) is 7.08. The third kappa shape index (κ3) is 4.72. The molecule has 20 heavy (non-hydrogen) atoms. The first kappa shape index (κ1) is 16.3. The van der Waals surface area contributed by atoms with Gasteiger partial charge in [0.25, 0.3) is 5.91 Å². The van der Waals surface area contributed by atoms with E-state index < -0.39 is 0 Å². The standard InChI is InChI=1S/C15H24N2O3/c1-5-12(4)17(8-6-14(18)16-11(2)3)15(19)13-7-9-20-10-13/h7,9-12H,5-6,8H2,1-4H3,(H,16,18)/t12-/m0/s1. The van der Waals surface area contributed by atoms with Crippen molar-refractivity contribution in [2.75, 3.05) is 6.54 Å². The SMILES string of the molecule is CC[C@H](C)N(CCC(=O)NC(C)C)C(=O)c1ccoc1. The van der Waals surface area contributed by atoms with E-state index in [0.717, 1.165) is 6.42 Å². The number of furan rings is 1. The van der Waals surface area contributed by atoms with Crippen LogP contribution in [0.4, 0.5) is 0 Å². The number of carbonyl (C=O) groups excluding carboxylic acids is 2. The Morgan fingerprint density at radius 2 is 2.05 bits per heavy atom. The highest BCUT2D eigenvalue weighted by Crippen LogP contribution is 2.12. The highest BCUT2D eigenvalue weighted by atomic mass is 16.3. The van der Waals surface area contributed by atoms with Crippen LogP contribution < -0.4 is 5.32 Å². The largest absolute Gasteiger partial charge is 0.472 e. The number of rotatable bonds is 7. The molecule has 2 amide bonds. The van der Waals surface area contributed by atoms with Gasteiger partial charge in [0, 0.05) is 25.0 Å². The summed E-state index contributed by atoms with van der Waals surface area (Å²) in [6, 6.07) is 1.85. The molecule has 1 N–H and O–H groups in total. The molecule has 0 aliphatic carbocycles. The van der Waals surface area contributed by atoms with Gasteiger partial charge in [0.2, 0.25) is 5.91 Å². The summed E-state index contributed by atoms with van der Waals surface area (Å²) < 4.78 is 4.95. The Morgan fingerprint density at radius 3 is 2.55 bits per heavy atom. The van der Waals surface area contributed by atoms with Crippen molar-refractivity contribution >= 4 is 11.8 Å². The van der Waals surface area contributed by atoms with Gasteiger partial charge in [-0.3, -0.25) is 9.59 Å². The van der Waals surface area contributed by atoms with E-state index in [1.165, 1.54) is 12.5 Å². The quantitative estimate of drug-likeness (QED) is 0.834. The van der Waals surface area contributed by atoms with Crippen LogP contribution in [0.25, 0.3) is 0 Å². The summed E-state index contributed by atoms with van der Waals surface area (Å²) in [6.45, 7) is 8.26. The lowest BCUT2D eigenvalue weighted by Gasteiger charge is -2.28. The number of nitrogens with one attached hydrogen (secondary N) is 1. The van der Waals surface area contributed by atoms with E-state index in [1.54, 1.807) is 11.0 Å². The van der Waals surface area contributed by atoms with Crippen LogP contribution in [0.3, 0.4) is 0 Å². The summed E-state index contributed by atoms with van der Waals surface area (Å²) in [5.41, 5.74) is 0.523. The summed E-state index contributed by atoms with van der Waals surface area (Å²) >= 11 is 0. The molecule has 0 radical (unpaired) electrons. The average Bonchev–Trinajstić information content (AvgIpc) is 2.91. The summed E-state index contributed by atoms with van der Waals surface area (Å²) in [7, 11) is 0. The van der Waals surface area contributed by atoms with Gasteiger partial charge in [-0.25, -0.2) is 0 Å². The van der Waals surface area contributed by atoms with Crippen molar-refractivity contribution in [2.45, 2.75) is 52.6 Å². The molecule has 0 spiro atoms. The third-order valence-corrected chi connectivity index (χ3v) is 3.18. The van der Waals surface area contributed by atoms with E-state index >= 15 is 0 Å². The Morgan fingerprint density at radius 1 is 1.35 bits per heavy atom. The van der Waals surface area contributed by atoms with Crippen molar-refractivity contribution in [1.29, 1.82) is 0 Å². The van der Waals surface area contributed by atoms with Crippen LogP contribution in [0.1, 0.15) is 50.9 Å². The number of nitrogens with zero attached hydrogens (tertiary/aromatic N) is 1. The van der Waals surface area contributed by atoms with Crippen molar-refractivity contribution in [3.63, 3.8) is 0 Å². The molecule has 0 aliphatic heterocycles. The number of amides is 2. The second-order valence-corrected chi connectivity index (χ2v) is 5.24.